The largest absolute Gasteiger partial charge is 0.636 e. The van der Waals surface area contributed by atoms with Crippen molar-refractivity contribution in [2.75, 3.05) is 21.3 Å². The molecule has 0 heterocycles. The summed E-state index contributed by atoms with van der Waals surface area (Å²) in [6.07, 6.45) is 0. The summed E-state index contributed by atoms with van der Waals surface area (Å²) in [6, 6.07) is 0. The first kappa shape index (κ1) is 13.5. The summed E-state index contributed by atoms with van der Waals surface area (Å²) in [7, 11) is 1.23. The van der Waals surface area contributed by atoms with Crippen molar-refractivity contribution >= 4 is 14.6 Å². The van der Waals surface area contributed by atoms with Gasteiger partial charge in [-0.1, -0.05) is 0 Å². The van der Waals surface area contributed by atoms with E-state index in [1.807, 2.05) is 0 Å². The van der Waals surface area contributed by atoms with Crippen LogP contribution >= 0.6 is 0 Å². The second-order valence-corrected chi connectivity index (χ2v) is 1.34. The van der Waals surface area contributed by atoms with Crippen LogP contribution < -0.4 is 0 Å². The average Bonchev–Trinajstić information content (AvgIpc) is 2.04. The van der Waals surface area contributed by atoms with Crippen LogP contribution in [0, 0.1) is 0 Å². The van der Waals surface area contributed by atoms with Gasteiger partial charge in [-0.25, -0.2) is 0 Å². The van der Waals surface area contributed by atoms with Crippen LogP contribution in [-0.4, -0.2) is 51.0 Å². The van der Waals surface area contributed by atoms with Crippen molar-refractivity contribution < 1.29 is 29.0 Å². The fraction of sp³-hybridized carbons (Fsp3) is 1.00. The van der Waals surface area contributed by atoms with E-state index in [0.29, 0.717) is 0 Å². The molecule has 0 aromatic heterocycles. The molecule has 0 fully saturated rings. The Morgan fingerprint density at radius 2 is 1.09 bits per heavy atom. The first-order chi connectivity index (χ1) is 5.08. The van der Waals surface area contributed by atoms with E-state index >= 15 is 0 Å². The van der Waals surface area contributed by atoms with E-state index in [-0.39, 0.29) is 0 Å². The average molecular weight is 166 g/mol. The third kappa shape index (κ3) is 17.7. The van der Waals surface area contributed by atoms with Crippen molar-refractivity contribution in [3.05, 3.63) is 0 Å². The summed E-state index contributed by atoms with van der Waals surface area (Å²) in [5.41, 5.74) is 0. The van der Waals surface area contributed by atoms with Gasteiger partial charge in [0.25, 0.3) is 0 Å². The summed E-state index contributed by atoms with van der Waals surface area (Å²) in [6.45, 7) is 0. The fourth-order valence-electron chi connectivity index (χ4n) is 0.0962. The third-order valence-corrected chi connectivity index (χ3v) is 0.614. The zero-order chi connectivity index (χ0) is 9.28. The van der Waals surface area contributed by atoms with Gasteiger partial charge in [-0.05, 0) is 0 Å². The lowest BCUT2D eigenvalue weighted by Crippen LogP contribution is -2.17. The van der Waals surface area contributed by atoms with Crippen LogP contribution in [0.5, 0.6) is 0 Å². The van der Waals surface area contributed by atoms with Gasteiger partial charge in [-0.3, -0.25) is 0 Å². The monoisotopic (exact) mass is 166 g/mol. The molecule has 0 rings (SSSR count). The van der Waals surface area contributed by atoms with Crippen LogP contribution in [-0.2, 0) is 14.0 Å². The maximum atomic E-state index is 8.22. The van der Waals surface area contributed by atoms with E-state index < -0.39 is 14.6 Å². The summed E-state index contributed by atoms with van der Waals surface area (Å²) in [5, 5.41) is 23.6. The van der Waals surface area contributed by atoms with Gasteiger partial charge in [-0.2, -0.15) is 0 Å². The second-order valence-electron chi connectivity index (χ2n) is 1.34. The van der Waals surface area contributed by atoms with Gasteiger partial charge in [0.05, 0.1) is 0 Å². The molecule has 0 aromatic carbocycles. The number of rotatable bonds is 3. The van der Waals surface area contributed by atoms with Crippen LogP contribution in [0.15, 0.2) is 0 Å². The SMILES string of the molecule is COB(O)O.COB(O)OC. The van der Waals surface area contributed by atoms with Crippen molar-refractivity contribution in [2.45, 2.75) is 0 Å². The highest BCUT2D eigenvalue weighted by Crippen LogP contribution is 1.71. The Hall–Kier alpha value is -0.110. The quantitative estimate of drug-likeness (QED) is 0.414. The Labute approximate surface area is 66.1 Å². The highest BCUT2D eigenvalue weighted by molar-refractivity contribution is 6.34. The van der Waals surface area contributed by atoms with E-state index in [1.54, 1.807) is 0 Å². The van der Waals surface area contributed by atoms with E-state index in [1.165, 1.54) is 21.3 Å². The zero-order valence-corrected chi connectivity index (χ0v) is 6.72. The summed E-state index contributed by atoms with van der Waals surface area (Å²) >= 11 is 0. The number of hydrogen-bond acceptors (Lipinski definition) is 6. The molecule has 0 unspecified atom stereocenters. The minimum absolute atomic E-state index is 1.06. The van der Waals surface area contributed by atoms with Gasteiger partial charge in [0.2, 0.25) is 0 Å². The lowest BCUT2D eigenvalue weighted by molar-refractivity contribution is 0.193. The molecule has 3 N–H and O–H groups in total. The highest BCUT2D eigenvalue weighted by atomic mass is 16.7. The molecule has 0 bridgehead atoms. The molecule has 0 saturated heterocycles. The van der Waals surface area contributed by atoms with Gasteiger partial charge >= 0.3 is 14.6 Å². The van der Waals surface area contributed by atoms with E-state index in [2.05, 4.69) is 14.0 Å². The molecule has 0 aliphatic carbocycles. The maximum Gasteiger partial charge on any atom is 0.636 e. The zero-order valence-electron chi connectivity index (χ0n) is 6.72. The molecule has 0 radical (unpaired) electrons. The van der Waals surface area contributed by atoms with Gasteiger partial charge in [0.15, 0.2) is 0 Å². The smallest absolute Gasteiger partial charge is 0.402 e. The van der Waals surface area contributed by atoms with Gasteiger partial charge in [0, 0.05) is 21.3 Å². The lowest BCUT2D eigenvalue weighted by Gasteiger charge is -1.94. The Bertz CT molecular complexity index is 66.8. The molecule has 0 saturated carbocycles. The standard InChI is InChI=1S/C2H7BO3.CH5BO3/c1-5-3(4)6-2;1-5-2(3)4/h4H,1-2H3;3-4H,1H3. The van der Waals surface area contributed by atoms with Crippen molar-refractivity contribution in [1.82, 2.24) is 0 Å². The molecule has 0 aliphatic rings. The Kier molecular flexibility index (Phi) is 12.1. The van der Waals surface area contributed by atoms with Crippen molar-refractivity contribution in [3.63, 3.8) is 0 Å². The Morgan fingerprint density at radius 3 is 1.09 bits per heavy atom. The summed E-state index contributed by atoms with van der Waals surface area (Å²) in [5.74, 6) is 0. The fourth-order valence-corrected chi connectivity index (χ4v) is 0.0962. The van der Waals surface area contributed by atoms with E-state index in [9.17, 15) is 0 Å². The first-order valence-corrected chi connectivity index (χ1v) is 2.71. The molecule has 8 heteroatoms. The topological polar surface area (TPSA) is 88.4 Å². The van der Waals surface area contributed by atoms with Crippen LogP contribution in [0.3, 0.4) is 0 Å². The first-order valence-electron chi connectivity index (χ1n) is 2.71. The summed E-state index contributed by atoms with van der Waals surface area (Å²) in [4.78, 5) is 0. The lowest BCUT2D eigenvalue weighted by atomic mass is 10.3. The molecular weight excluding hydrogens is 154 g/mol. The molecule has 6 nitrogen and oxygen atoms in total. The highest BCUT2D eigenvalue weighted by Gasteiger charge is 2.06. The van der Waals surface area contributed by atoms with E-state index in [4.69, 9.17) is 15.1 Å². The van der Waals surface area contributed by atoms with Crippen LogP contribution in [0.2, 0.25) is 0 Å². The molecular formula is C3H12B2O6. The van der Waals surface area contributed by atoms with Crippen molar-refractivity contribution in [1.29, 1.82) is 0 Å². The molecule has 11 heavy (non-hydrogen) atoms. The van der Waals surface area contributed by atoms with Crippen LogP contribution in [0.4, 0.5) is 0 Å². The number of hydrogen-bond donors (Lipinski definition) is 3. The predicted octanol–water partition coefficient (Wildman–Crippen LogP) is -2.14. The Morgan fingerprint density at radius 1 is 0.818 bits per heavy atom. The normalized spacial score (nSPS) is 8.18. The second kappa shape index (κ2) is 9.89. The molecule has 0 amide bonds. The predicted molar refractivity (Wildman–Crippen MR) is 39.2 cm³/mol. The van der Waals surface area contributed by atoms with Gasteiger partial charge in [-0.15, -0.1) is 0 Å². The molecule has 0 aliphatic heterocycles. The van der Waals surface area contributed by atoms with Gasteiger partial charge < -0.3 is 29.0 Å². The van der Waals surface area contributed by atoms with Crippen LogP contribution in [0.25, 0.3) is 0 Å². The molecule has 0 spiro atoms. The minimum Gasteiger partial charge on any atom is -0.402 e. The summed E-state index contributed by atoms with van der Waals surface area (Å²) < 4.78 is 12.3. The molecule has 0 aromatic rings. The van der Waals surface area contributed by atoms with Crippen molar-refractivity contribution in [3.8, 4) is 0 Å². The van der Waals surface area contributed by atoms with Crippen LogP contribution in [0.1, 0.15) is 0 Å². The molecule has 66 valence electrons. The van der Waals surface area contributed by atoms with Crippen molar-refractivity contribution in [2.24, 2.45) is 0 Å². The van der Waals surface area contributed by atoms with E-state index in [0.717, 1.165) is 0 Å². The minimum atomic E-state index is -1.62. The Balaban J connectivity index is 0. The van der Waals surface area contributed by atoms with Gasteiger partial charge in [0.1, 0.15) is 0 Å². The maximum absolute atomic E-state index is 8.22. The molecule has 0 atom stereocenters. The third-order valence-electron chi connectivity index (χ3n) is 0.614.